The second-order valence-electron chi connectivity index (χ2n) is 7.78. The van der Waals surface area contributed by atoms with Gasteiger partial charge in [0.15, 0.2) is 0 Å². The number of anilines is 3. The lowest BCUT2D eigenvalue weighted by molar-refractivity contribution is -0.136. The van der Waals surface area contributed by atoms with Crippen molar-refractivity contribution in [3.63, 3.8) is 0 Å². The molecule has 0 aliphatic carbocycles. The van der Waals surface area contributed by atoms with E-state index in [0.29, 0.717) is 11.4 Å². The molecule has 0 saturated carbocycles. The number of carbonyl (C=O) groups is 1. The maximum atomic E-state index is 13.4. The molecule has 4 aromatic rings. The first-order valence-corrected chi connectivity index (χ1v) is 11.8. The zero-order valence-corrected chi connectivity index (χ0v) is 19.6. The van der Waals surface area contributed by atoms with Crippen LogP contribution in [0.5, 0.6) is 0 Å². The number of hydrogen-bond acceptors (Lipinski definition) is 7. The predicted molar refractivity (Wildman–Crippen MR) is 126 cm³/mol. The molecule has 2 aromatic heterocycles. The van der Waals surface area contributed by atoms with Crippen LogP contribution in [0.1, 0.15) is 27.3 Å². The predicted octanol–water partition coefficient (Wildman–Crippen LogP) is 4.90. The molecule has 0 saturated heterocycles. The van der Waals surface area contributed by atoms with E-state index in [1.54, 1.807) is 19.9 Å². The summed E-state index contributed by atoms with van der Waals surface area (Å²) in [5.74, 6) is -1.49. The Kier molecular flexibility index (Phi) is 6.26. The highest BCUT2D eigenvalue weighted by Gasteiger charge is 2.34. The summed E-state index contributed by atoms with van der Waals surface area (Å²) in [6, 6.07) is 10.2. The molecule has 9 nitrogen and oxygen atoms in total. The van der Waals surface area contributed by atoms with Gasteiger partial charge in [0.25, 0.3) is 10.0 Å². The van der Waals surface area contributed by atoms with Crippen LogP contribution in [0.25, 0.3) is 10.9 Å². The first kappa shape index (κ1) is 24.9. The highest BCUT2D eigenvalue weighted by atomic mass is 32.2. The summed E-state index contributed by atoms with van der Waals surface area (Å²) in [4.78, 5) is 23.4. The van der Waals surface area contributed by atoms with Gasteiger partial charge in [0.2, 0.25) is 5.95 Å². The second kappa shape index (κ2) is 9.07. The number of aryl methyl sites for hydroxylation is 2. The smallest absolute Gasteiger partial charge is 0.418 e. The molecular weight excluding hydrogens is 499 g/mol. The van der Waals surface area contributed by atoms with Gasteiger partial charge in [-0.15, -0.1) is 0 Å². The van der Waals surface area contributed by atoms with Crippen LogP contribution in [0.15, 0.2) is 59.6 Å². The van der Waals surface area contributed by atoms with Crippen LogP contribution in [0.3, 0.4) is 0 Å². The lowest BCUT2D eigenvalue weighted by Gasteiger charge is -2.16. The maximum Gasteiger partial charge on any atom is 0.418 e. The maximum absolute atomic E-state index is 13.4. The molecule has 0 aliphatic heterocycles. The Labute approximate surface area is 203 Å². The van der Waals surface area contributed by atoms with Crippen molar-refractivity contribution in [2.24, 2.45) is 0 Å². The number of hydrogen-bond donors (Lipinski definition) is 3. The summed E-state index contributed by atoms with van der Waals surface area (Å²) in [6.07, 6.45) is -3.86. The molecule has 0 radical (unpaired) electrons. The number of nitrogens with zero attached hydrogens (tertiary/aromatic N) is 3. The van der Waals surface area contributed by atoms with Crippen molar-refractivity contribution < 1.29 is 31.5 Å². The van der Waals surface area contributed by atoms with Crippen LogP contribution < -0.4 is 10.0 Å². The number of carboxylic acids is 1. The fourth-order valence-electron chi connectivity index (χ4n) is 3.56. The Morgan fingerprint density at radius 2 is 1.64 bits per heavy atom. The fraction of sp³-hybridized carbons (Fsp3) is 0.130. The average molecular weight is 517 g/mol. The minimum absolute atomic E-state index is 0.0601. The van der Waals surface area contributed by atoms with E-state index in [4.69, 9.17) is 0 Å². The van der Waals surface area contributed by atoms with E-state index in [1.807, 2.05) is 0 Å². The number of benzene rings is 2. The van der Waals surface area contributed by atoms with Gasteiger partial charge in [-0.3, -0.25) is 4.98 Å². The van der Waals surface area contributed by atoms with Crippen molar-refractivity contribution in [1.82, 2.24) is 15.0 Å². The van der Waals surface area contributed by atoms with Crippen LogP contribution in [-0.4, -0.2) is 34.4 Å². The number of sulfonamides is 1. The molecule has 0 atom stereocenters. The molecule has 13 heteroatoms. The van der Waals surface area contributed by atoms with Gasteiger partial charge < -0.3 is 10.4 Å². The second-order valence-corrected chi connectivity index (χ2v) is 9.46. The summed E-state index contributed by atoms with van der Waals surface area (Å²) in [5.41, 5.74) is -0.512. The molecule has 36 heavy (non-hydrogen) atoms. The van der Waals surface area contributed by atoms with E-state index in [0.717, 1.165) is 18.3 Å². The Balaban J connectivity index is 1.69. The van der Waals surface area contributed by atoms with Crippen molar-refractivity contribution in [2.75, 3.05) is 10.0 Å². The highest BCUT2D eigenvalue weighted by Crippen LogP contribution is 2.37. The third-order valence-corrected chi connectivity index (χ3v) is 6.42. The Bertz CT molecular complexity index is 1570. The molecule has 186 valence electrons. The minimum Gasteiger partial charge on any atom is -0.478 e. The van der Waals surface area contributed by atoms with Gasteiger partial charge in [0.1, 0.15) is 5.56 Å². The normalized spacial score (nSPS) is 11.9. The lowest BCUT2D eigenvalue weighted by atomic mass is 10.0. The molecule has 0 unspecified atom stereocenters. The molecule has 0 spiro atoms. The number of aromatic carboxylic acids is 1. The molecule has 0 aliphatic rings. The SMILES string of the molecule is Cc1cc(C)nc(NS(=O)(=O)c2ccc(Nc3c(C(=O)O)cnc4c(C(F)(F)F)cccc34)cc2)n1. The summed E-state index contributed by atoms with van der Waals surface area (Å²) in [5, 5.41) is 12.3. The molecule has 0 amide bonds. The summed E-state index contributed by atoms with van der Waals surface area (Å²) < 4.78 is 68.1. The summed E-state index contributed by atoms with van der Waals surface area (Å²) in [6.45, 7) is 3.39. The van der Waals surface area contributed by atoms with Crippen molar-refractivity contribution in [3.8, 4) is 0 Å². The number of rotatable bonds is 6. The number of carboxylic acid groups (broad SMARTS) is 1. The van der Waals surface area contributed by atoms with Crippen LogP contribution >= 0.6 is 0 Å². The number of aromatic nitrogens is 3. The quantitative estimate of drug-likeness (QED) is 0.329. The van der Waals surface area contributed by atoms with Gasteiger partial charge in [-0.25, -0.2) is 27.9 Å². The number of alkyl halides is 3. The van der Waals surface area contributed by atoms with Crippen LogP contribution in [0.4, 0.5) is 30.5 Å². The fourth-order valence-corrected chi connectivity index (χ4v) is 4.50. The van der Waals surface area contributed by atoms with Gasteiger partial charge in [-0.2, -0.15) is 13.2 Å². The first-order chi connectivity index (χ1) is 16.8. The van der Waals surface area contributed by atoms with Gasteiger partial charge in [-0.1, -0.05) is 12.1 Å². The lowest BCUT2D eigenvalue weighted by Crippen LogP contribution is -2.15. The van der Waals surface area contributed by atoms with Crippen LogP contribution in [0.2, 0.25) is 0 Å². The van der Waals surface area contributed by atoms with E-state index >= 15 is 0 Å². The van der Waals surface area contributed by atoms with Gasteiger partial charge in [0, 0.05) is 28.7 Å². The first-order valence-electron chi connectivity index (χ1n) is 10.3. The van der Waals surface area contributed by atoms with Crippen molar-refractivity contribution in [3.05, 3.63) is 77.2 Å². The van der Waals surface area contributed by atoms with Crippen molar-refractivity contribution in [2.45, 2.75) is 24.9 Å². The monoisotopic (exact) mass is 517 g/mol. The molecule has 4 rings (SSSR count). The van der Waals surface area contributed by atoms with E-state index in [-0.39, 0.29) is 33.2 Å². The average Bonchev–Trinajstić information content (AvgIpc) is 2.77. The number of pyridine rings is 1. The van der Waals surface area contributed by atoms with Crippen LogP contribution in [0, 0.1) is 13.8 Å². The van der Waals surface area contributed by atoms with Gasteiger partial charge >= 0.3 is 12.1 Å². The highest BCUT2D eigenvalue weighted by molar-refractivity contribution is 7.92. The Morgan fingerprint density at radius 1 is 1.00 bits per heavy atom. The minimum atomic E-state index is -4.70. The van der Waals surface area contributed by atoms with E-state index in [9.17, 15) is 31.5 Å². The van der Waals surface area contributed by atoms with E-state index in [1.165, 1.54) is 30.3 Å². The number of para-hydroxylation sites is 1. The molecule has 2 heterocycles. The molecular formula is C23H18F3N5O4S. The summed E-state index contributed by atoms with van der Waals surface area (Å²) in [7, 11) is -4.05. The molecule has 0 fully saturated rings. The Hall–Kier alpha value is -4.26. The number of fused-ring (bicyclic) bond motifs is 1. The topological polar surface area (TPSA) is 134 Å². The van der Waals surface area contributed by atoms with Gasteiger partial charge in [-0.05, 0) is 50.2 Å². The number of halogens is 3. The third-order valence-electron chi connectivity index (χ3n) is 5.08. The Morgan fingerprint density at radius 3 is 2.22 bits per heavy atom. The largest absolute Gasteiger partial charge is 0.478 e. The summed E-state index contributed by atoms with van der Waals surface area (Å²) >= 11 is 0. The van der Waals surface area contributed by atoms with Gasteiger partial charge in [0.05, 0.1) is 21.7 Å². The standard InChI is InChI=1S/C23H18F3N5O4S/c1-12-10-13(2)29-22(28-12)31-36(34,35)15-8-6-14(7-9-15)30-19-16-4-3-5-18(23(24,25)26)20(16)27-11-17(19)21(32)33/h3-11H,1-2H3,(H,27,30)(H,32,33)(H,28,29,31). The number of nitrogens with one attached hydrogen (secondary N) is 2. The zero-order valence-electron chi connectivity index (χ0n) is 18.8. The molecule has 0 bridgehead atoms. The van der Waals surface area contributed by atoms with Crippen molar-refractivity contribution >= 4 is 44.2 Å². The molecule has 2 aromatic carbocycles. The molecule has 3 N–H and O–H groups in total. The van der Waals surface area contributed by atoms with E-state index < -0.39 is 33.2 Å². The van der Waals surface area contributed by atoms with Crippen LogP contribution in [-0.2, 0) is 16.2 Å². The van der Waals surface area contributed by atoms with Crippen molar-refractivity contribution in [1.29, 1.82) is 0 Å². The van der Waals surface area contributed by atoms with E-state index in [2.05, 4.69) is 25.0 Å². The zero-order chi connectivity index (χ0) is 26.3. The third kappa shape index (κ3) is 5.05.